The van der Waals surface area contributed by atoms with Crippen molar-refractivity contribution < 1.29 is 14.3 Å². The number of nitrogens with one attached hydrogen (secondary N) is 1. The third kappa shape index (κ3) is 3.92. The molecule has 0 unspecified atom stereocenters. The van der Waals surface area contributed by atoms with Gasteiger partial charge in [-0.2, -0.15) is 0 Å². The highest BCUT2D eigenvalue weighted by Crippen LogP contribution is 2.32. The monoisotopic (exact) mass is 426 g/mol. The van der Waals surface area contributed by atoms with Gasteiger partial charge in [0.25, 0.3) is 5.91 Å². The number of carbonyl (C=O) groups excluding carboxylic acids is 1. The number of benzene rings is 1. The van der Waals surface area contributed by atoms with E-state index in [4.69, 9.17) is 9.47 Å². The molecular weight excluding hydrogens is 407 g/mol. The lowest BCUT2D eigenvalue weighted by atomic mass is 10.1. The van der Waals surface area contributed by atoms with Gasteiger partial charge in [-0.3, -0.25) is 4.79 Å². The van der Waals surface area contributed by atoms with E-state index in [-0.39, 0.29) is 24.4 Å². The number of piperazine rings is 1. The molecule has 1 aliphatic rings. The molecule has 7 heteroatoms. The second-order valence-corrected chi connectivity index (χ2v) is 5.90. The summed E-state index contributed by atoms with van der Waals surface area (Å²) in [6.07, 6.45) is 0. The molecule has 0 spiro atoms. The van der Waals surface area contributed by atoms with Gasteiger partial charge in [-0.05, 0) is 41.6 Å². The Labute approximate surface area is 144 Å². The Kier molecular flexibility index (Phi) is 7.02. The standard InChI is InChI=1S/C14H19IN2O3.ClH/c1-9-8-16-4-5-17(9)14(18)10-6-12(19-2)13(20-3)7-11(10)15;/h6-7,9,16H,4-5,8H2,1-3H3;1H/t9-;/m1./s1. The predicted octanol–water partition coefficient (Wildman–Crippen LogP) is 2.16. The molecule has 0 saturated carbocycles. The number of hydrogen-bond acceptors (Lipinski definition) is 4. The van der Waals surface area contributed by atoms with Crippen LogP contribution in [0.25, 0.3) is 0 Å². The highest BCUT2D eigenvalue weighted by Gasteiger charge is 2.26. The minimum atomic E-state index is 0. The maximum Gasteiger partial charge on any atom is 0.255 e. The number of methoxy groups -OCH3 is 2. The van der Waals surface area contributed by atoms with Crippen LogP contribution in [0.1, 0.15) is 17.3 Å². The Morgan fingerprint density at radius 3 is 2.52 bits per heavy atom. The molecule has 5 nitrogen and oxygen atoms in total. The summed E-state index contributed by atoms with van der Waals surface area (Å²) in [4.78, 5) is 14.6. The summed E-state index contributed by atoms with van der Waals surface area (Å²) in [5, 5.41) is 3.29. The number of halogens is 2. The number of hydrogen-bond donors (Lipinski definition) is 1. The van der Waals surface area contributed by atoms with E-state index in [1.807, 2.05) is 11.0 Å². The van der Waals surface area contributed by atoms with Crippen molar-refractivity contribution in [2.75, 3.05) is 33.9 Å². The molecule has 1 amide bonds. The molecule has 1 N–H and O–H groups in total. The van der Waals surface area contributed by atoms with Crippen molar-refractivity contribution in [2.45, 2.75) is 13.0 Å². The third-order valence-corrected chi connectivity index (χ3v) is 4.36. The zero-order valence-electron chi connectivity index (χ0n) is 12.3. The van der Waals surface area contributed by atoms with Crippen molar-refractivity contribution in [3.63, 3.8) is 0 Å². The van der Waals surface area contributed by atoms with Crippen LogP contribution in [0.5, 0.6) is 11.5 Å². The van der Waals surface area contributed by atoms with Gasteiger partial charge in [0.1, 0.15) is 0 Å². The second-order valence-electron chi connectivity index (χ2n) is 4.74. The first-order chi connectivity index (χ1) is 9.58. The maximum absolute atomic E-state index is 12.7. The Bertz CT molecular complexity index is 513. The molecule has 1 aliphatic heterocycles. The Balaban J connectivity index is 0.00000220. The molecule has 0 aliphatic carbocycles. The lowest BCUT2D eigenvalue weighted by Gasteiger charge is -2.34. The zero-order valence-corrected chi connectivity index (χ0v) is 15.3. The van der Waals surface area contributed by atoms with Gasteiger partial charge in [-0.1, -0.05) is 0 Å². The molecule has 21 heavy (non-hydrogen) atoms. The van der Waals surface area contributed by atoms with Crippen molar-refractivity contribution in [3.8, 4) is 11.5 Å². The van der Waals surface area contributed by atoms with E-state index in [2.05, 4.69) is 34.8 Å². The van der Waals surface area contributed by atoms with E-state index in [1.165, 1.54) is 0 Å². The second kappa shape index (κ2) is 8.05. The quantitative estimate of drug-likeness (QED) is 0.753. The fraction of sp³-hybridized carbons (Fsp3) is 0.500. The fourth-order valence-electron chi connectivity index (χ4n) is 2.32. The average Bonchev–Trinajstić information content (AvgIpc) is 2.46. The Morgan fingerprint density at radius 2 is 1.95 bits per heavy atom. The van der Waals surface area contributed by atoms with Gasteiger partial charge in [0, 0.05) is 29.2 Å². The molecule has 1 saturated heterocycles. The minimum Gasteiger partial charge on any atom is -0.493 e. The molecular formula is C14H20ClIN2O3. The number of rotatable bonds is 3. The Hall–Kier alpha value is -0.730. The highest BCUT2D eigenvalue weighted by molar-refractivity contribution is 14.1. The average molecular weight is 427 g/mol. The molecule has 1 fully saturated rings. The first kappa shape index (κ1) is 18.3. The van der Waals surface area contributed by atoms with Crippen LogP contribution in [0.15, 0.2) is 12.1 Å². The van der Waals surface area contributed by atoms with Crippen molar-refractivity contribution in [3.05, 3.63) is 21.3 Å². The summed E-state index contributed by atoms with van der Waals surface area (Å²) in [5.41, 5.74) is 0.664. The SMILES string of the molecule is COc1cc(I)c(C(=O)N2CCNC[C@H]2C)cc1OC.Cl. The molecule has 1 heterocycles. The lowest BCUT2D eigenvalue weighted by molar-refractivity contribution is 0.0654. The minimum absolute atomic E-state index is 0. The van der Waals surface area contributed by atoms with Crippen LogP contribution in [-0.4, -0.2) is 50.7 Å². The molecule has 0 bridgehead atoms. The van der Waals surface area contributed by atoms with Crippen molar-refractivity contribution in [1.82, 2.24) is 10.2 Å². The smallest absolute Gasteiger partial charge is 0.255 e. The van der Waals surface area contributed by atoms with Gasteiger partial charge in [0.15, 0.2) is 11.5 Å². The zero-order chi connectivity index (χ0) is 14.7. The van der Waals surface area contributed by atoms with Crippen molar-refractivity contribution in [2.24, 2.45) is 0 Å². The summed E-state index contributed by atoms with van der Waals surface area (Å²) in [6.45, 7) is 4.44. The molecule has 1 aromatic rings. The van der Waals surface area contributed by atoms with Gasteiger partial charge >= 0.3 is 0 Å². The van der Waals surface area contributed by atoms with Crippen LogP contribution in [0, 0.1) is 3.57 Å². The van der Waals surface area contributed by atoms with Crippen LogP contribution in [0.4, 0.5) is 0 Å². The summed E-state index contributed by atoms with van der Waals surface area (Å²) in [6, 6.07) is 3.79. The van der Waals surface area contributed by atoms with Gasteiger partial charge in [-0.25, -0.2) is 0 Å². The van der Waals surface area contributed by atoms with Crippen LogP contribution < -0.4 is 14.8 Å². The molecule has 0 aromatic heterocycles. The first-order valence-electron chi connectivity index (χ1n) is 6.51. The summed E-state index contributed by atoms with van der Waals surface area (Å²) >= 11 is 2.16. The number of amides is 1. The highest BCUT2D eigenvalue weighted by atomic mass is 127. The van der Waals surface area contributed by atoms with Crippen LogP contribution in [-0.2, 0) is 0 Å². The van der Waals surface area contributed by atoms with Crippen LogP contribution >= 0.6 is 35.0 Å². The summed E-state index contributed by atoms with van der Waals surface area (Å²) in [7, 11) is 3.17. The van der Waals surface area contributed by atoms with Crippen molar-refractivity contribution >= 4 is 40.9 Å². The van der Waals surface area contributed by atoms with Gasteiger partial charge in [0.05, 0.1) is 19.8 Å². The number of nitrogens with zero attached hydrogens (tertiary/aromatic N) is 1. The molecule has 1 atom stereocenters. The van der Waals surface area contributed by atoms with Gasteiger partial charge < -0.3 is 19.7 Å². The van der Waals surface area contributed by atoms with E-state index in [0.717, 1.165) is 23.2 Å². The lowest BCUT2D eigenvalue weighted by Crippen LogP contribution is -2.52. The summed E-state index contributed by atoms with van der Waals surface area (Å²) < 4.78 is 11.4. The van der Waals surface area contributed by atoms with E-state index >= 15 is 0 Å². The van der Waals surface area contributed by atoms with Gasteiger partial charge in [0.2, 0.25) is 0 Å². The Morgan fingerprint density at radius 1 is 1.33 bits per heavy atom. The predicted molar refractivity (Wildman–Crippen MR) is 92.9 cm³/mol. The normalized spacial score (nSPS) is 17.9. The molecule has 2 rings (SSSR count). The van der Waals surface area contributed by atoms with Crippen molar-refractivity contribution in [1.29, 1.82) is 0 Å². The maximum atomic E-state index is 12.7. The number of ether oxygens (including phenoxy) is 2. The molecule has 118 valence electrons. The van der Waals surface area contributed by atoms with E-state index in [0.29, 0.717) is 17.1 Å². The van der Waals surface area contributed by atoms with Crippen LogP contribution in [0.2, 0.25) is 0 Å². The fourth-order valence-corrected chi connectivity index (χ4v) is 2.98. The largest absolute Gasteiger partial charge is 0.493 e. The van der Waals surface area contributed by atoms with E-state index in [1.54, 1.807) is 20.3 Å². The van der Waals surface area contributed by atoms with Crippen LogP contribution in [0.3, 0.4) is 0 Å². The third-order valence-electron chi connectivity index (χ3n) is 3.47. The molecule has 0 radical (unpaired) electrons. The topological polar surface area (TPSA) is 50.8 Å². The number of carbonyl (C=O) groups is 1. The van der Waals surface area contributed by atoms with Gasteiger partial charge in [-0.15, -0.1) is 12.4 Å². The summed E-state index contributed by atoms with van der Waals surface area (Å²) in [5.74, 6) is 1.27. The van der Waals surface area contributed by atoms with E-state index in [9.17, 15) is 4.79 Å². The molecule has 1 aromatic carbocycles. The van der Waals surface area contributed by atoms with E-state index < -0.39 is 0 Å². The first-order valence-corrected chi connectivity index (χ1v) is 7.59.